The van der Waals surface area contributed by atoms with Crippen LogP contribution in [0, 0.1) is 0 Å². The molecule has 100 valence electrons. The molecule has 0 bridgehead atoms. The zero-order valence-electron chi connectivity index (χ0n) is 10.1. The summed E-state index contributed by atoms with van der Waals surface area (Å²) in [7, 11) is 1.87. The molecule has 0 radical (unpaired) electrons. The van der Waals surface area contributed by atoms with Crippen LogP contribution in [0.5, 0.6) is 5.75 Å². The molecule has 18 heavy (non-hydrogen) atoms. The fourth-order valence-corrected chi connectivity index (χ4v) is 1.74. The van der Waals surface area contributed by atoms with Crippen LogP contribution in [0.1, 0.15) is 6.42 Å². The number of benzene rings is 1. The van der Waals surface area contributed by atoms with Crippen molar-refractivity contribution in [1.29, 1.82) is 0 Å². The third-order valence-corrected chi connectivity index (χ3v) is 2.71. The number of rotatable bonds is 7. The summed E-state index contributed by atoms with van der Waals surface area (Å²) in [5.41, 5.74) is 0. The Morgan fingerprint density at radius 2 is 2.11 bits per heavy atom. The normalized spacial score (nSPS) is 10.2. The Labute approximate surface area is 117 Å². The van der Waals surface area contributed by atoms with Gasteiger partial charge in [0.1, 0.15) is 5.75 Å². The smallest absolute Gasteiger partial charge is 0.257 e. The number of hydrogen-bond acceptors (Lipinski definition) is 3. The second-order valence-electron chi connectivity index (χ2n) is 3.67. The number of amides is 1. The Kier molecular flexibility index (Phi) is 6.86. The molecule has 0 saturated heterocycles. The minimum atomic E-state index is -0.169. The zero-order valence-corrected chi connectivity index (χ0v) is 11.6. The molecule has 0 spiro atoms. The van der Waals surface area contributed by atoms with Gasteiger partial charge in [-0.3, -0.25) is 4.79 Å². The predicted molar refractivity (Wildman–Crippen MR) is 73.5 cm³/mol. The molecule has 4 nitrogen and oxygen atoms in total. The first-order valence-corrected chi connectivity index (χ1v) is 6.38. The molecule has 0 aromatic heterocycles. The fourth-order valence-electron chi connectivity index (χ4n) is 1.28. The Morgan fingerprint density at radius 3 is 2.78 bits per heavy atom. The van der Waals surface area contributed by atoms with Gasteiger partial charge in [-0.15, -0.1) is 0 Å². The highest BCUT2D eigenvalue weighted by Crippen LogP contribution is 2.27. The van der Waals surface area contributed by atoms with Crippen LogP contribution in [-0.4, -0.2) is 32.7 Å². The highest BCUT2D eigenvalue weighted by molar-refractivity contribution is 6.35. The maximum atomic E-state index is 11.4. The van der Waals surface area contributed by atoms with Crippen molar-refractivity contribution in [3.63, 3.8) is 0 Å². The van der Waals surface area contributed by atoms with Gasteiger partial charge in [-0.1, -0.05) is 23.2 Å². The second kappa shape index (κ2) is 8.19. The number of carbonyl (C=O) groups excluding carboxylic acids is 1. The van der Waals surface area contributed by atoms with Gasteiger partial charge in [0.25, 0.3) is 5.91 Å². The molecule has 2 N–H and O–H groups in total. The van der Waals surface area contributed by atoms with Gasteiger partial charge in [-0.2, -0.15) is 0 Å². The van der Waals surface area contributed by atoms with Crippen molar-refractivity contribution in [2.45, 2.75) is 6.42 Å². The van der Waals surface area contributed by atoms with E-state index in [1.54, 1.807) is 18.2 Å². The third kappa shape index (κ3) is 5.58. The highest BCUT2D eigenvalue weighted by atomic mass is 35.5. The van der Waals surface area contributed by atoms with Crippen LogP contribution >= 0.6 is 23.2 Å². The monoisotopic (exact) mass is 290 g/mol. The van der Waals surface area contributed by atoms with Crippen LogP contribution in [-0.2, 0) is 4.79 Å². The highest BCUT2D eigenvalue weighted by Gasteiger charge is 2.05. The van der Waals surface area contributed by atoms with Gasteiger partial charge in [0.05, 0.1) is 5.02 Å². The van der Waals surface area contributed by atoms with Crippen molar-refractivity contribution in [2.75, 3.05) is 26.7 Å². The molecule has 0 aliphatic heterocycles. The lowest BCUT2D eigenvalue weighted by Gasteiger charge is -2.08. The Hall–Kier alpha value is -0.970. The van der Waals surface area contributed by atoms with Gasteiger partial charge in [0, 0.05) is 11.6 Å². The Morgan fingerprint density at radius 1 is 1.33 bits per heavy atom. The largest absolute Gasteiger partial charge is 0.482 e. The minimum Gasteiger partial charge on any atom is -0.482 e. The molecule has 1 rings (SSSR count). The molecule has 1 amide bonds. The molecule has 0 heterocycles. The van der Waals surface area contributed by atoms with Gasteiger partial charge in [0.15, 0.2) is 6.61 Å². The lowest BCUT2D eigenvalue weighted by Crippen LogP contribution is -2.31. The van der Waals surface area contributed by atoms with Crippen LogP contribution in [0.4, 0.5) is 0 Å². The van der Waals surface area contributed by atoms with Crippen LogP contribution < -0.4 is 15.4 Å². The van der Waals surface area contributed by atoms with Crippen LogP contribution in [0.2, 0.25) is 10.0 Å². The van der Waals surface area contributed by atoms with Crippen molar-refractivity contribution in [3.8, 4) is 5.75 Å². The lowest BCUT2D eigenvalue weighted by molar-refractivity contribution is -0.123. The maximum absolute atomic E-state index is 11.4. The minimum absolute atomic E-state index is 0.0547. The first-order valence-electron chi connectivity index (χ1n) is 5.62. The molecule has 1 aromatic carbocycles. The first-order chi connectivity index (χ1) is 8.63. The van der Waals surface area contributed by atoms with Gasteiger partial charge in [-0.05, 0) is 38.2 Å². The van der Waals surface area contributed by atoms with E-state index in [9.17, 15) is 4.79 Å². The standard InChI is InChI=1S/C12H16Cl2N2O2/c1-15-5-2-6-16-12(17)8-18-11-4-3-9(13)7-10(11)14/h3-4,7,15H,2,5-6,8H2,1H3,(H,16,17). The van der Waals surface area contributed by atoms with Gasteiger partial charge < -0.3 is 15.4 Å². The molecule has 0 fully saturated rings. The number of hydrogen-bond donors (Lipinski definition) is 2. The summed E-state index contributed by atoms with van der Waals surface area (Å²) in [5, 5.41) is 6.67. The molecule has 0 atom stereocenters. The van der Waals surface area contributed by atoms with Crippen molar-refractivity contribution >= 4 is 29.1 Å². The molecule has 1 aromatic rings. The topological polar surface area (TPSA) is 50.4 Å². The molecular weight excluding hydrogens is 275 g/mol. The summed E-state index contributed by atoms with van der Waals surface area (Å²) in [4.78, 5) is 11.4. The van der Waals surface area contributed by atoms with E-state index in [4.69, 9.17) is 27.9 Å². The molecule has 6 heteroatoms. The Balaban J connectivity index is 2.29. The Bertz CT molecular complexity index is 400. The molecular formula is C12H16Cl2N2O2. The lowest BCUT2D eigenvalue weighted by atomic mass is 10.3. The third-order valence-electron chi connectivity index (χ3n) is 2.18. The van der Waals surface area contributed by atoms with Crippen molar-refractivity contribution in [1.82, 2.24) is 10.6 Å². The van der Waals surface area contributed by atoms with E-state index < -0.39 is 0 Å². The average molecular weight is 291 g/mol. The SMILES string of the molecule is CNCCCNC(=O)COc1ccc(Cl)cc1Cl. The summed E-state index contributed by atoms with van der Waals surface area (Å²) in [6.45, 7) is 1.43. The number of halogens is 2. The average Bonchev–Trinajstić information content (AvgIpc) is 2.33. The maximum Gasteiger partial charge on any atom is 0.257 e. The first kappa shape index (κ1) is 15.1. The van der Waals surface area contributed by atoms with Crippen LogP contribution in [0.15, 0.2) is 18.2 Å². The van der Waals surface area contributed by atoms with E-state index >= 15 is 0 Å². The van der Waals surface area contributed by atoms with Crippen LogP contribution in [0.3, 0.4) is 0 Å². The van der Waals surface area contributed by atoms with Crippen molar-refractivity contribution in [3.05, 3.63) is 28.2 Å². The van der Waals surface area contributed by atoms with E-state index in [0.717, 1.165) is 13.0 Å². The van der Waals surface area contributed by atoms with Gasteiger partial charge in [-0.25, -0.2) is 0 Å². The second-order valence-corrected chi connectivity index (χ2v) is 4.51. The molecule has 0 aliphatic carbocycles. The van der Waals surface area contributed by atoms with Crippen LogP contribution in [0.25, 0.3) is 0 Å². The van der Waals surface area contributed by atoms with E-state index in [0.29, 0.717) is 22.3 Å². The zero-order chi connectivity index (χ0) is 13.4. The predicted octanol–water partition coefficient (Wildman–Crippen LogP) is 2.10. The van der Waals surface area contributed by atoms with E-state index in [1.807, 2.05) is 7.05 Å². The summed E-state index contributed by atoms with van der Waals surface area (Å²) >= 11 is 11.7. The number of carbonyl (C=O) groups is 1. The quantitative estimate of drug-likeness (QED) is 0.756. The number of ether oxygens (including phenoxy) is 1. The summed E-state index contributed by atoms with van der Waals surface area (Å²) < 4.78 is 5.29. The van der Waals surface area contributed by atoms with Gasteiger partial charge in [0.2, 0.25) is 0 Å². The van der Waals surface area contributed by atoms with Gasteiger partial charge >= 0.3 is 0 Å². The van der Waals surface area contributed by atoms with E-state index in [-0.39, 0.29) is 12.5 Å². The van der Waals surface area contributed by atoms with E-state index in [1.165, 1.54) is 0 Å². The number of nitrogens with one attached hydrogen (secondary N) is 2. The van der Waals surface area contributed by atoms with Crippen molar-refractivity contribution < 1.29 is 9.53 Å². The summed E-state index contributed by atoms with van der Waals surface area (Å²) in [6.07, 6.45) is 0.879. The van der Waals surface area contributed by atoms with Crippen molar-refractivity contribution in [2.24, 2.45) is 0 Å². The molecule has 0 aliphatic rings. The summed E-state index contributed by atoms with van der Waals surface area (Å²) in [6, 6.07) is 4.87. The summed E-state index contributed by atoms with van der Waals surface area (Å²) in [5.74, 6) is 0.281. The fraction of sp³-hybridized carbons (Fsp3) is 0.417. The molecule has 0 unspecified atom stereocenters. The molecule has 0 saturated carbocycles. The van der Waals surface area contributed by atoms with E-state index in [2.05, 4.69) is 10.6 Å².